The van der Waals surface area contributed by atoms with E-state index in [1.165, 1.54) is 12.4 Å². The minimum absolute atomic E-state index is 0.147. The summed E-state index contributed by atoms with van der Waals surface area (Å²) in [6.45, 7) is 1.59. The average molecular weight is 271 g/mol. The van der Waals surface area contributed by atoms with E-state index >= 15 is 0 Å². The van der Waals surface area contributed by atoms with E-state index < -0.39 is 11.6 Å². The van der Waals surface area contributed by atoms with Gasteiger partial charge < -0.3 is 10.5 Å². The molecule has 0 fully saturated rings. The number of nitrogens with zero attached hydrogens (tertiary/aromatic N) is 1. The summed E-state index contributed by atoms with van der Waals surface area (Å²) in [6, 6.07) is 1.98. The molecule has 0 saturated heterocycles. The molecular weight excluding hydrogens is 262 g/mol. The van der Waals surface area contributed by atoms with Crippen molar-refractivity contribution >= 4 is 17.3 Å². The highest BCUT2D eigenvalue weighted by Gasteiger charge is 2.12. The molecule has 0 aliphatic heterocycles. The molecule has 1 heterocycles. The van der Waals surface area contributed by atoms with Gasteiger partial charge in [-0.1, -0.05) is 11.6 Å². The number of hydrogen-bond acceptors (Lipinski definition) is 3. The number of ether oxygens (including phenoxy) is 1. The van der Waals surface area contributed by atoms with Crippen LogP contribution in [0.5, 0.6) is 11.5 Å². The third-order valence-electron chi connectivity index (χ3n) is 2.31. The van der Waals surface area contributed by atoms with Gasteiger partial charge in [0.15, 0.2) is 17.4 Å². The minimum Gasteiger partial charge on any atom is -0.453 e. The van der Waals surface area contributed by atoms with Crippen molar-refractivity contribution in [3.8, 4) is 11.5 Å². The van der Waals surface area contributed by atoms with Gasteiger partial charge in [0.05, 0.1) is 11.9 Å². The fourth-order valence-electron chi connectivity index (χ4n) is 1.39. The first-order valence-corrected chi connectivity index (χ1v) is 5.39. The minimum atomic E-state index is -1.00. The van der Waals surface area contributed by atoms with Gasteiger partial charge in [-0.15, -0.1) is 0 Å². The highest BCUT2D eigenvalue weighted by Crippen LogP contribution is 2.35. The molecule has 0 unspecified atom stereocenters. The summed E-state index contributed by atoms with van der Waals surface area (Å²) in [6.07, 6.45) is 2.71. The molecule has 0 bridgehead atoms. The van der Waals surface area contributed by atoms with Crippen LogP contribution in [-0.4, -0.2) is 4.98 Å². The van der Waals surface area contributed by atoms with Crippen molar-refractivity contribution in [2.24, 2.45) is 0 Å². The maximum absolute atomic E-state index is 13.1. The number of hydrogen-bond donors (Lipinski definition) is 1. The van der Waals surface area contributed by atoms with Crippen LogP contribution in [0.4, 0.5) is 14.5 Å². The zero-order chi connectivity index (χ0) is 13.3. The lowest BCUT2D eigenvalue weighted by atomic mass is 10.2. The average Bonchev–Trinajstić information content (AvgIpc) is 2.30. The molecule has 3 nitrogen and oxygen atoms in total. The maximum Gasteiger partial charge on any atom is 0.172 e. The van der Waals surface area contributed by atoms with Gasteiger partial charge in [0, 0.05) is 12.3 Å². The summed E-state index contributed by atoms with van der Waals surface area (Å²) < 4.78 is 31.5. The molecule has 2 rings (SSSR count). The summed E-state index contributed by atoms with van der Waals surface area (Å²) in [7, 11) is 0. The Morgan fingerprint density at radius 1 is 1.22 bits per heavy atom. The number of aromatic nitrogens is 1. The van der Waals surface area contributed by atoms with Gasteiger partial charge in [-0.2, -0.15) is 0 Å². The highest BCUT2D eigenvalue weighted by molar-refractivity contribution is 6.32. The largest absolute Gasteiger partial charge is 0.453 e. The summed E-state index contributed by atoms with van der Waals surface area (Å²) in [5.41, 5.74) is 6.29. The predicted octanol–water partition coefficient (Wildman–Crippen LogP) is 3.70. The monoisotopic (exact) mass is 270 g/mol. The lowest BCUT2D eigenvalue weighted by molar-refractivity contribution is 0.459. The second kappa shape index (κ2) is 4.78. The van der Waals surface area contributed by atoms with E-state index in [-0.39, 0.29) is 22.2 Å². The SMILES string of the molecule is Cc1cc(F)c(F)cc1Oc1c(N)cncc1Cl. The van der Waals surface area contributed by atoms with Crippen LogP contribution in [0.2, 0.25) is 5.02 Å². The van der Waals surface area contributed by atoms with Crippen LogP contribution in [-0.2, 0) is 0 Å². The van der Waals surface area contributed by atoms with E-state index in [0.29, 0.717) is 5.56 Å². The highest BCUT2D eigenvalue weighted by atomic mass is 35.5. The number of rotatable bonds is 2. The van der Waals surface area contributed by atoms with Gasteiger partial charge in [0.1, 0.15) is 10.8 Å². The van der Waals surface area contributed by atoms with Gasteiger partial charge in [0.25, 0.3) is 0 Å². The van der Waals surface area contributed by atoms with Gasteiger partial charge in [-0.05, 0) is 18.6 Å². The molecule has 0 atom stereocenters. The van der Waals surface area contributed by atoms with Gasteiger partial charge in [-0.3, -0.25) is 4.98 Å². The molecule has 0 amide bonds. The lowest BCUT2D eigenvalue weighted by Crippen LogP contribution is -1.97. The third-order valence-corrected chi connectivity index (χ3v) is 2.58. The van der Waals surface area contributed by atoms with Crippen LogP contribution in [0.15, 0.2) is 24.5 Å². The van der Waals surface area contributed by atoms with Gasteiger partial charge in [0.2, 0.25) is 0 Å². The fraction of sp³-hybridized carbons (Fsp3) is 0.0833. The first kappa shape index (κ1) is 12.6. The van der Waals surface area contributed by atoms with Crippen molar-refractivity contribution in [3.63, 3.8) is 0 Å². The number of pyridine rings is 1. The Balaban J connectivity index is 2.43. The molecular formula is C12H9ClF2N2O. The standard InChI is InChI=1S/C12H9ClF2N2O/c1-6-2-8(14)9(15)3-11(6)18-12-7(13)4-17-5-10(12)16/h2-5H,16H2,1H3. The van der Waals surface area contributed by atoms with Gasteiger partial charge in [-0.25, -0.2) is 8.78 Å². The van der Waals surface area contributed by atoms with Crippen molar-refractivity contribution < 1.29 is 13.5 Å². The van der Waals surface area contributed by atoms with Crippen molar-refractivity contribution in [2.75, 3.05) is 5.73 Å². The molecule has 2 aromatic rings. The molecule has 6 heteroatoms. The van der Waals surface area contributed by atoms with E-state index in [1.807, 2.05) is 0 Å². The zero-order valence-electron chi connectivity index (χ0n) is 9.38. The lowest BCUT2D eigenvalue weighted by Gasteiger charge is -2.12. The smallest absolute Gasteiger partial charge is 0.172 e. The Morgan fingerprint density at radius 2 is 1.89 bits per heavy atom. The van der Waals surface area contributed by atoms with Gasteiger partial charge >= 0.3 is 0 Å². The number of nitrogen functional groups attached to an aromatic ring is 1. The Morgan fingerprint density at radius 3 is 2.56 bits per heavy atom. The van der Waals surface area contributed by atoms with Crippen molar-refractivity contribution in [1.29, 1.82) is 0 Å². The predicted molar refractivity (Wildman–Crippen MR) is 64.8 cm³/mol. The molecule has 0 aliphatic carbocycles. The van der Waals surface area contributed by atoms with E-state index in [9.17, 15) is 8.78 Å². The Bertz CT molecular complexity index is 585. The Labute approximate surface area is 107 Å². The second-order valence-corrected chi connectivity index (χ2v) is 4.08. The molecule has 1 aromatic carbocycles. The third kappa shape index (κ3) is 2.36. The van der Waals surface area contributed by atoms with Crippen LogP contribution < -0.4 is 10.5 Å². The second-order valence-electron chi connectivity index (χ2n) is 3.67. The van der Waals surface area contributed by atoms with Crippen LogP contribution in [0.1, 0.15) is 5.56 Å². The number of benzene rings is 1. The molecule has 0 aliphatic rings. The van der Waals surface area contributed by atoms with E-state index in [1.54, 1.807) is 6.92 Å². The van der Waals surface area contributed by atoms with Crippen LogP contribution in [0, 0.1) is 18.6 Å². The van der Waals surface area contributed by atoms with E-state index in [4.69, 9.17) is 22.1 Å². The summed E-state index contributed by atoms with van der Waals surface area (Å²) in [5.74, 6) is -1.62. The van der Waals surface area contributed by atoms with Crippen molar-refractivity contribution in [2.45, 2.75) is 6.92 Å². The molecule has 2 N–H and O–H groups in total. The first-order chi connectivity index (χ1) is 8.49. The quantitative estimate of drug-likeness (QED) is 0.905. The van der Waals surface area contributed by atoms with Crippen LogP contribution in [0.3, 0.4) is 0 Å². The topological polar surface area (TPSA) is 48.1 Å². The first-order valence-electron chi connectivity index (χ1n) is 5.01. The summed E-state index contributed by atoms with van der Waals surface area (Å²) >= 11 is 5.87. The molecule has 0 saturated carbocycles. The molecule has 0 radical (unpaired) electrons. The number of nitrogens with two attached hydrogens (primary N) is 1. The van der Waals surface area contributed by atoms with Crippen LogP contribution >= 0.6 is 11.6 Å². The van der Waals surface area contributed by atoms with E-state index in [0.717, 1.165) is 12.1 Å². The fourth-order valence-corrected chi connectivity index (χ4v) is 1.60. The zero-order valence-corrected chi connectivity index (χ0v) is 10.1. The number of anilines is 1. The Hall–Kier alpha value is -1.88. The van der Waals surface area contributed by atoms with Crippen LogP contribution in [0.25, 0.3) is 0 Å². The number of halogens is 3. The molecule has 18 heavy (non-hydrogen) atoms. The normalized spacial score (nSPS) is 10.4. The van der Waals surface area contributed by atoms with E-state index in [2.05, 4.69) is 4.98 Å². The van der Waals surface area contributed by atoms with Crippen molar-refractivity contribution in [1.82, 2.24) is 4.98 Å². The number of aryl methyl sites for hydroxylation is 1. The molecule has 1 aromatic heterocycles. The molecule has 0 spiro atoms. The van der Waals surface area contributed by atoms with Crippen molar-refractivity contribution in [3.05, 3.63) is 46.7 Å². The summed E-state index contributed by atoms with van der Waals surface area (Å²) in [4.78, 5) is 3.77. The Kier molecular flexibility index (Phi) is 3.34. The molecule has 94 valence electrons. The maximum atomic E-state index is 13.1. The summed E-state index contributed by atoms with van der Waals surface area (Å²) in [5, 5.41) is 0.194.